The number of carbonyl (C=O) groups is 2. The second-order valence-corrected chi connectivity index (χ2v) is 5.52. The average Bonchev–Trinajstić information content (AvgIpc) is 1.82. The van der Waals surface area contributed by atoms with Gasteiger partial charge in [0.05, 0.1) is 6.42 Å². The van der Waals surface area contributed by atoms with E-state index in [9.17, 15) is 9.59 Å². The van der Waals surface area contributed by atoms with Gasteiger partial charge in [-0.1, -0.05) is 41.5 Å². The maximum atomic E-state index is 11.5. The SMILES string of the molecule is CC(C)(C)C(=O)CC(=O)C(C)(C)C.[Tb]. The van der Waals surface area contributed by atoms with Gasteiger partial charge in [0, 0.05) is 49.4 Å². The van der Waals surface area contributed by atoms with E-state index in [4.69, 9.17) is 0 Å². The number of carbonyl (C=O) groups excluding carboxylic acids is 2. The Balaban J connectivity index is 0. The van der Waals surface area contributed by atoms with E-state index in [0.717, 1.165) is 0 Å². The zero-order chi connectivity index (χ0) is 10.9. The molecule has 0 N–H and O–H groups in total. The summed E-state index contributed by atoms with van der Waals surface area (Å²) in [5.74, 6) is 0.0415. The van der Waals surface area contributed by atoms with Gasteiger partial charge < -0.3 is 0 Å². The molecule has 0 fully saturated rings. The van der Waals surface area contributed by atoms with Crippen LogP contribution in [-0.4, -0.2) is 11.6 Å². The fourth-order valence-corrected chi connectivity index (χ4v) is 0.676. The van der Waals surface area contributed by atoms with Crippen LogP contribution in [0.15, 0.2) is 0 Å². The molecule has 3 heteroatoms. The first-order valence-corrected chi connectivity index (χ1v) is 4.62. The van der Waals surface area contributed by atoms with E-state index in [1.807, 2.05) is 41.5 Å². The number of hydrogen-bond acceptors (Lipinski definition) is 2. The van der Waals surface area contributed by atoms with Crippen LogP contribution in [0.5, 0.6) is 0 Å². The molecule has 14 heavy (non-hydrogen) atoms. The normalized spacial score (nSPS) is 11.9. The van der Waals surface area contributed by atoms with Crippen LogP contribution in [0.4, 0.5) is 0 Å². The maximum absolute atomic E-state index is 11.5. The summed E-state index contributed by atoms with van der Waals surface area (Å²) in [7, 11) is 0. The van der Waals surface area contributed by atoms with Crippen LogP contribution in [0.25, 0.3) is 0 Å². The monoisotopic (exact) mass is 343 g/mol. The van der Waals surface area contributed by atoms with Crippen molar-refractivity contribution in [1.29, 1.82) is 0 Å². The summed E-state index contributed by atoms with van der Waals surface area (Å²) in [6, 6.07) is 0. The molecule has 0 unspecified atom stereocenters. The quantitative estimate of drug-likeness (QED) is 0.723. The first-order valence-electron chi connectivity index (χ1n) is 4.62. The van der Waals surface area contributed by atoms with E-state index in [2.05, 4.69) is 0 Å². The molecule has 0 saturated carbocycles. The van der Waals surface area contributed by atoms with Gasteiger partial charge in [0.2, 0.25) is 0 Å². The zero-order valence-electron chi connectivity index (χ0n) is 9.86. The second-order valence-electron chi connectivity index (χ2n) is 5.52. The van der Waals surface area contributed by atoms with Crippen LogP contribution in [0.2, 0.25) is 0 Å². The maximum Gasteiger partial charge on any atom is 0.145 e. The van der Waals surface area contributed by atoms with Crippen LogP contribution >= 0.6 is 0 Å². The summed E-state index contributed by atoms with van der Waals surface area (Å²) in [6.07, 6.45) is 0.0625. The van der Waals surface area contributed by atoms with E-state index in [0.29, 0.717) is 0 Å². The van der Waals surface area contributed by atoms with Gasteiger partial charge in [-0.3, -0.25) is 9.59 Å². The Hall–Kier alpha value is 0.626. The third-order valence-electron chi connectivity index (χ3n) is 1.99. The van der Waals surface area contributed by atoms with Crippen molar-refractivity contribution in [2.45, 2.75) is 48.0 Å². The Kier molecular flexibility index (Phi) is 6.86. The molecule has 0 bridgehead atoms. The molecule has 0 amide bonds. The summed E-state index contributed by atoms with van der Waals surface area (Å²) in [5, 5.41) is 0. The number of hydrogen-bond donors (Lipinski definition) is 0. The van der Waals surface area contributed by atoms with Gasteiger partial charge in [-0.05, 0) is 0 Å². The van der Waals surface area contributed by atoms with Crippen molar-refractivity contribution >= 4 is 11.6 Å². The van der Waals surface area contributed by atoms with E-state index in [1.165, 1.54) is 0 Å². The predicted molar refractivity (Wildman–Crippen MR) is 53.5 cm³/mol. The molecule has 0 atom stereocenters. The number of ketones is 2. The molecule has 0 aliphatic carbocycles. The molecule has 0 rings (SSSR count). The Morgan fingerprint density at radius 3 is 1.14 bits per heavy atom. The fourth-order valence-electron chi connectivity index (χ4n) is 0.676. The fraction of sp³-hybridized carbons (Fsp3) is 0.818. The third kappa shape index (κ3) is 6.17. The molecule has 0 aliphatic heterocycles. The topological polar surface area (TPSA) is 34.1 Å². The Bertz CT molecular complexity index is 194. The van der Waals surface area contributed by atoms with E-state index < -0.39 is 10.8 Å². The van der Waals surface area contributed by atoms with Gasteiger partial charge >= 0.3 is 0 Å². The Labute approximate surface area is 118 Å². The molecule has 0 heterocycles. The van der Waals surface area contributed by atoms with Gasteiger partial charge in [-0.2, -0.15) is 0 Å². The standard InChI is InChI=1S/C11H20O2.Tb/c1-10(2,3)8(12)7-9(13)11(4,5)6;/h7H2,1-6H3;. The van der Waals surface area contributed by atoms with E-state index in [1.54, 1.807) is 0 Å². The van der Waals surface area contributed by atoms with Crippen LogP contribution in [0, 0.1) is 49.4 Å². The summed E-state index contributed by atoms with van der Waals surface area (Å²) in [4.78, 5) is 23.0. The summed E-state index contributed by atoms with van der Waals surface area (Å²) >= 11 is 0. The van der Waals surface area contributed by atoms with Crippen molar-refractivity contribution in [1.82, 2.24) is 0 Å². The van der Waals surface area contributed by atoms with E-state index >= 15 is 0 Å². The molecule has 0 aromatic heterocycles. The molecule has 2 nitrogen and oxygen atoms in total. The van der Waals surface area contributed by atoms with Crippen LogP contribution in [0.3, 0.4) is 0 Å². The summed E-state index contributed by atoms with van der Waals surface area (Å²) in [6.45, 7) is 11.0. The van der Waals surface area contributed by atoms with Crippen molar-refractivity contribution in [2.75, 3.05) is 0 Å². The van der Waals surface area contributed by atoms with Gasteiger partial charge in [0.1, 0.15) is 11.6 Å². The van der Waals surface area contributed by atoms with Crippen molar-refractivity contribution in [3.05, 3.63) is 0 Å². The summed E-state index contributed by atoms with van der Waals surface area (Å²) < 4.78 is 0. The van der Waals surface area contributed by atoms with Crippen LogP contribution in [-0.2, 0) is 9.59 Å². The van der Waals surface area contributed by atoms with E-state index in [-0.39, 0.29) is 56.6 Å². The molecular formula is C11H20O2Tb. The zero-order valence-corrected chi connectivity index (χ0v) is 12.0. The third-order valence-corrected chi connectivity index (χ3v) is 1.99. The Morgan fingerprint density at radius 2 is 1.00 bits per heavy atom. The molecule has 1 radical (unpaired) electrons. The van der Waals surface area contributed by atoms with Crippen molar-refractivity contribution < 1.29 is 48.2 Å². The van der Waals surface area contributed by atoms with Crippen LogP contribution < -0.4 is 0 Å². The van der Waals surface area contributed by atoms with Crippen molar-refractivity contribution in [3.8, 4) is 0 Å². The van der Waals surface area contributed by atoms with Gasteiger partial charge in [-0.15, -0.1) is 0 Å². The number of Topliss-reactive ketones (excluding diaryl/α,β-unsaturated/α-hetero) is 2. The molecule has 85 valence electrons. The largest absolute Gasteiger partial charge is 0.299 e. The molecule has 0 aromatic carbocycles. The predicted octanol–water partition coefficient (Wildman–Crippen LogP) is 2.61. The molecular weight excluding hydrogens is 323 g/mol. The van der Waals surface area contributed by atoms with Crippen molar-refractivity contribution in [3.63, 3.8) is 0 Å². The molecule has 0 saturated heterocycles. The van der Waals surface area contributed by atoms with Crippen molar-refractivity contribution in [2.24, 2.45) is 10.8 Å². The molecule has 0 aliphatic rings. The average molecular weight is 343 g/mol. The second kappa shape index (κ2) is 5.64. The Morgan fingerprint density at radius 1 is 0.786 bits per heavy atom. The first kappa shape index (κ1) is 17.0. The van der Waals surface area contributed by atoms with Gasteiger partial charge in [-0.25, -0.2) is 0 Å². The minimum Gasteiger partial charge on any atom is -0.299 e. The minimum absolute atomic E-state index is 0. The smallest absolute Gasteiger partial charge is 0.145 e. The van der Waals surface area contributed by atoms with Crippen LogP contribution in [0.1, 0.15) is 48.0 Å². The number of rotatable bonds is 2. The minimum atomic E-state index is -0.402. The molecule has 0 aromatic rings. The van der Waals surface area contributed by atoms with Gasteiger partial charge in [0.25, 0.3) is 0 Å². The first-order chi connectivity index (χ1) is 5.55. The molecule has 0 spiro atoms. The summed E-state index contributed by atoms with van der Waals surface area (Å²) in [5.41, 5.74) is -0.804. The van der Waals surface area contributed by atoms with Gasteiger partial charge in [0.15, 0.2) is 0 Å².